The van der Waals surface area contributed by atoms with Gasteiger partial charge in [0.1, 0.15) is 0 Å². The highest BCUT2D eigenvalue weighted by molar-refractivity contribution is 9.10. The summed E-state index contributed by atoms with van der Waals surface area (Å²) in [6.07, 6.45) is 4.97. The first-order valence-electron chi connectivity index (χ1n) is 7.75. The molecule has 6 heteroatoms. The molecule has 1 aromatic rings. The summed E-state index contributed by atoms with van der Waals surface area (Å²) in [5, 5.41) is 8.03. The van der Waals surface area contributed by atoms with Crippen molar-refractivity contribution in [2.45, 2.75) is 45.7 Å². The minimum absolute atomic E-state index is 0.246. The van der Waals surface area contributed by atoms with Crippen LogP contribution < -0.4 is 5.32 Å². The van der Waals surface area contributed by atoms with E-state index in [2.05, 4.69) is 40.2 Å². The molecule has 1 N–H and O–H groups in total. The van der Waals surface area contributed by atoms with Gasteiger partial charge in [-0.25, -0.2) is 0 Å². The monoisotopic (exact) mass is 361 g/mol. The van der Waals surface area contributed by atoms with Gasteiger partial charge in [-0.05, 0) is 41.7 Å². The topological polar surface area (TPSA) is 48.3 Å². The maximum Gasteiger partial charge on any atom is 0.0697 e. The molecule has 122 valence electrons. The fourth-order valence-corrected chi connectivity index (χ4v) is 2.75. The lowest BCUT2D eigenvalue weighted by atomic mass is 10.1. The Hall–Kier alpha value is -0.430. The van der Waals surface area contributed by atoms with Crippen molar-refractivity contribution in [1.29, 1.82) is 0 Å². The van der Waals surface area contributed by atoms with Gasteiger partial charge in [0.25, 0.3) is 0 Å². The normalized spacial score (nSPS) is 12.8. The third-order valence-corrected chi connectivity index (χ3v) is 3.82. The highest BCUT2D eigenvalue weighted by atomic mass is 79.9. The van der Waals surface area contributed by atoms with Crippen molar-refractivity contribution >= 4 is 15.9 Å². The Bertz CT molecular complexity index is 385. The summed E-state index contributed by atoms with van der Waals surface area (Å²) in [5.41, 5.74) is 1.18. The number of methoxy groups -OCH3 is 1. The van der Waals surface area contributed by atoms with E-state index in [9.17, 15) is 0 Å². The predicted octanol–water partition coefficient (Wildman–Crippen LogP) is 3.15. The van der Waals surface area contributed by atoms with Crippen LogP contribution in [0.15, 0.2) is 10.7 Å². The molecule has 0 aliphatic rings. The van der Waals surface area contributed by atoms with Crippen LogP contribution in [0.3, 0.4) is 0 Å². The fraction of sp³-hybridized carbons (Fsp3) is 0.800. The van der Waals surface area contributed by atoms with Gasteiger partial charge in [-0.15, -0.1) is 0 Å². The molecule has 1 aromatic heterocycles. The van der Waals surface area contributed by atoms with E-state index < -0.39 is 0 Å². The molecule has 0 amide bonds. The Morgan fingerprint density at radius 2 is 2.10 bits per heavy atom. The molecule has 0 aromatic carbocycles. The average Bonchev–Trinajstić information content (AvgIpc) is 2.85. The van der Waals surface area contributed by atoms with Crippen LogP contribution in [0.2, 0.25) is 0 Å². The standard InChI is InChI=1S/C15H28BrN3O2/c1-4-7-17-14(6-10-21-9-5-2)15-13(16)12-18-19(15)8-11-20-3/h12,14,17H,4-11H2,1-3H3. The van der Waals surface area contributed by atoms with E-state index in [0.717, 1.165) is 50.0 Å². The van der Waals surface area contributed by atoms with E-state index in [4.69, 9.17) is 9.47 Å². The zero-order chi connectivity index (χ0) is 15.5. The molecule has 0 saturated heterocycles. The first-order chi connectivity index (χ1) is 10.2. The fourth-order valence-electron chi connectivity index (χ4n) is 2.18. The zero-order valence-corrected chi connectivity index (χ0v) is 15.0. The third-order valence-electron chi connectivity index (χ3n) is 3.21. The second kappa shape index (κ2) is 11.2. The minimum atomic E-state index is 0.246. The van der Waals surface area contributed by atoms with Crippen molar-refractivity contribution in [3.05, 3.63) is 16.4 Å². The molecule has 21 heavy (non-hydrogen) atoms. The molecule has 1 atom stereocenters. The lowest BCUT2D eigenvalue weighted by Gasteiger charge is -2.21. The van der Waals surface area contributed by atoms with Crippen molar-refractivity contribution in [3.63, 3.8) is 0 Å². The van der Waals surface area contributed by atoms with Crippen LogP contribution in [0.25, 0.3) is 0 Å². The molecule has 0 fully saturated rings. The van der Waals surface area contributed by atoms with Crippen LogP contribution >= 0.6 is 15.9 Å². The van der Waals surface area contributed by atoms with Gasteiger partial charge in [-0.3, -0.25) is 4.68 Å². The van der Waals surface area contributed by atoms with Crippen LogP contribution in [0.4, 0.5) is 0 Å². The van der Waals surface area contributed by atoms with Crippen molar-refractivity contribution in [1.82, 2.24) is 15.1 Å². The quantitative estimate of drug-likeness (QED) is 0.581. The highest BCUT2D eigenvalue weighted by Gasteiger charge is 2.19. The highest BCUT2D eigenvalue weighted by Crippen LogP contribution is 2.26. The average molecular weight is 362 g/mol. The summed E-state index contributed by atoms with van der Waals surface area (Å²) in [7, 11) is 1.71. The van der Waals surface area contributed by atoms with Crippen LogP contribution in [-0.2, 0) is 16.0 Å². The van der Waals surface area contributed by atoms with E-state index >= 15 is 0 Å². The smallest absolute Gasteiger partial charge is 0.0697 e. The summed E-state index contributed by atoms with van der Waals surface area (Å²) in [6, 6.07) is 0.246. The van der Waals surface area contributed by atoms with E-state index in [1.54, 1.807) is 7.11 Å². The van der Waals surface area contributed by atoms with E-state index in [-0.39, 0.29) is 6.04 Å². The Kier molecular flexibility index (Phi) is 9.91. The molecule has 0 aliphatic heterocycles. The van der Waals surface area contributed by atoms with Crippen molar-refractivity contribution in [3.8, 4) is 0 Å². The second-order valence-corrected chi connectivity index (χ2v) is 5.86. The summed E-state index contributed by atoms with van der Waals surface area (Å²) in [5.74, 6) is 0. The maximum absolute atomic E-state index is 5.64. The van der Waals surface area contributed by atoms with Gasteiger partial charge < -0.3 is 14.8 Å². The lowest BCUT2D eigenvalue weighted by Crippen LogP contribution is -2.27. The van der Waals surface area contributed by atoms with Crippen LogP contribution in [0.5, 0.6) is 0 Å². The van der Waals surface area contributed by atoms with Gasteiger partial charge >= 0.3 is 0 Å². The molecule has 0 saturated carbocycles. The number of hydrogen-bond acceptors (Lipinski definition) is 4. The SMILES string of the molecule is CCCNC(CCOCCC)c1c(Br)cnn1CCOC. The number of nitrogens with zero attached hydrogens (tertiary/aromatic N) is 2. The Labute approximate surface area is 136 Å². The molecule has 0 radical (unpaired) electrons. The van der Waals surface area contributed by atoms with Gasteiger partial charge in [0.2, 0.25) is 0 Å². The molecule has 1 unspecified atom stereocenters. The first kappa shape index (κ1) is 18.6. The first-order valence-corrected chi connectivity index (χ1v) is 8.55. The molecule has 1 rings (SSSR count). The Balaban J connectivity index is 2.73. The molecule has 0 spiro atoms. The molecule has 0 bridgehead atoms. The van der Waals surface area contributed by atoms with Gasteiger partial charge in [-0.2, -0.15) is 5.10 Å². The van der Waals surface area contributed by atoms with Crippen molar-refractivity contribution in [2.75, 3.05) is 33.5 Å². The second-order valence-electron chi connectivity index (χ2n) is 5.00. The summed E-state index contributed by atoms with van der Waals surface area (Å²) in [6.45, 7) is 8.30. The van der Waals surface area contributed by atoms with Crippen LogP contribution in [0.1, 0.15) is 44.8 Å². The summed E-state index contributed by atoms with van der Waals surface area (Å²) < 4.78 is 13.9. The number of aromatic nitrogens is 2. The Morgan fingerprint density at radius 1 is 1.29 bits per heavy atom. The Morgan fingerprint density at radius 3 is 2.76 bits per heavy atom. The third kappa shape index (κ3) is 6.46. The number of ether oxygens (including phenoxy) is 2. The van der Waals surface area contributed by atoms with Crippen molar-refractivity contribution in [2.24, 2.45) is 0 Å². The van der Waals surface area contributed by atoms with Gasteiger partial charge in [-0.1, -0.05) is 13.8 Å². The van der Waals surface area contributed by atoms with Gasteiger partial charge in [0.05, 0.1) is 35.6 Å². The molecular formula is C15H28BrN3O2. The van der Waals surface area contributed by atoms with Crippen LogP contribution in [-0.4, -0.2) is 43.3 Å². The molecule has 0 aliphatic carbocycles. The zero-order valence-electron chi connectivity index (χ0n) is 13.4. The van der Waals surface area contributed by atoms with Crippen molar-refractivity contribution < 1.29 is 9.47 Å². The molecule has 1 heterocycles. The van der Waals surface area contributed by atoms with Gasteiger partial charge in [0.15, 0.2) is 0 Å². The summed E-state index contributed by atoms with van der Waals surface area (Å²) in [4.78, 5) is 0. The van der Waals surface area contributed by atoms with E-state index in [1.165, 1.54) is 5.69 Å². The lowest BCUT2D eigenvalue weighted by molar-refractivity contribution is 0.123. The molecular weight excluding hydrogens is 334 g/mol. The minimum Gasteiger partial charge on any atom is -0.383 e. The molecule has 5 nitrogen and oxygen atoms in total. The number of rotatable bonds is 12. The van der Waals surface area contributed by atoms with E-state index in [0.29, 0.717) is 6.61 Å². The number of nitrogens with one attached hydrogen (secondary N) is 1. The number of hydrogen-bond donors (Lipinski definition) is 1. The predicted molar refractivity (Wildman–Crippen MR) is 88.6 cm³/mol. The maximum atomic E-state index is 5.64. The van der Waals surface area contributed by atoms with Gasteiger partial charge in [0, 0.05) is 20.3 Å². The van der Waals surface area contributed by atoms with Crippen LogP contribution in [0, 0.1) is 0 Å². The van der Waals surface area contributed by atoms with E-state index in [1.807, 2.05) is 10.9 Å². The number of halogens is 1. The summed E-state index contributed by atoms with van der Waals surface area (Å²) >= 11 is 3.62. The largest absolute Gasteiger partial charge is 0.383 e.